The smallest absolute Gasteiger partial charge is 0.228 e. The molecule has 7 rings (SSSR count). The zero-order chi connectivity index (χ0) is 30.8. The van der Waals surface area contributed by atoms with Gasteiger partial charge < -0.3 is 29.4 Å². The number of aromatic amines is 1. The van der Waals surface area contributed by atoms with Crippen LogP contribution in [0.25, 0.3) is 10.9 Å². The molecule has 1 aliphatic carbocycles. The summed E-state index contributed by atoms with van der Waals surface area (Å²) in [5.74, 6) is -0.348. The van der Waals surface area contributed by atoms with Gasteiger partial charge in [0.1, 0.15) is 0 Å². The zero-order valence-electron chi connectivity index (χ0n) is 26.2. The fourth-order valence-electron chi connectivity index (χ4n) is 8.70. The van der Waals surface area contributed by atoms with Crippen LogP contribution in [0.4, 0.5) is 0 Å². The van der Waals surface area contributed by atoms with E-state index in [4.69, 9.17) is 4.74 Å². The summed E-state index contributed by atoms with van der Waals surface area (Å²) in [7, 11) is 0. The van der Waals surface area contributed by atoms with E-state index in [1.165, 1.54) is 36.6 Å². The predicted molar refractivity (Wildman–Crippen MR) is 170 cm³/mol. The van der Waals surface area contributed by atoms with Gasteiger partial charge in [-0.05, 0) is 49.7 Å². The number of H-pyrrole nitrogens is 1. The van der Waals surface area contributed by atoms with Gasteiger partial charge in [0, 0.05) is 74.1 Å². The van der Waals surface area contributed by atoms with Gasteiger partial charge in [-0.1, -0.05) is 43.9 Å². The maximum absolute atomic E-state index is 14.7. The maximum atomic E-state index is 14.7. The quantitative estimate of drug-likeness (QED) is 0.335. The molecule has 45 heavy (non-hydrogen) atoms. The Morgan fingerprint density at radius 3 is 2.73 bits per heavy atom. The second kappa shape index (κ2) is 13.0. The van der Waals surface area contributed by atoms with Crippen LogP contribution in [-0.4, -0.2) is 81.4 Å². The molecule has 2 saturated heterocycles. The highest BCUT2D eigenvalue weighted by Gasteiger charge is 2.59. The number of aryl methyl sites for hydroxylation is 1. The Balaban J connectivity index is 1.20. The number of rotatable bonds is 10. The lowest BCUT2D eigenvalue weighted by Gasteiger charge is -2.56. The van der Waals surface area contributed by atoms with E-state index in [-0.39, 0.29) is 24.1 Å². The van der Waals surface area contributed by atoms with E-state index in [9.17, 15) is 14.4 Å². The first kappa shape index (κ1) is 30.0. The molecule has 3 aromatic rings. The molecule has 2 aromatic heterocycles. The second-order valence-electron chi connectivity index (χ2n) is 13.5. The molecule has 1 aromatic carbocycles. The van der Waals surface area contributed by atoms with Gasteiger partial charge in [-0.15, -0.1) is 0 Å². The van der Waals surface area contributed by atoms with Crippen LogP contribution in [0, 0.1) is 17.8 Å². The van der Waals surface area contributed by atoms with Crippen molar-refractivity contribution in [3.8, 4) is 0 Å². The molecule has 0 radical (unpaired) electrons. The van der Waals surface area contributed by atoms with E-state index in [2.05, 4.69) is 33.5 Å². The first-order valence-corrected chi connectivity index (χ1v) is 17.0. The molecular weight excluding hydrogens is 568 g/mol. The number of imidazole rings is 1. The third-order valence-electron chi connectivity index (χ3n) is 11.0. The Labute approximate surface area is 264 Å². The molecule has 5 heterocycles. The van der Waals surface area contributed by atoms with Crippen LogP contribution in [0.5, 0.6) is 0 Å². The molecule has 0 spiro atoms. The molecule has 3 fully saturated rings. The number of fused-ring (bicyclic) bond motifs is 5. The Kier molecular flexibility index (Phi) is 8.66. The molecule has 10 heteroatoms. The van der Waals surface area contributed by atoms with Crippen molar-refractivity contribution in [1.29, 1.82) is 0 Å². The molecule has 3 aliphatic heterocycles. The van der Waals surface area contributed by atoms with Gasteiger partial charge in [0.15, 0.2) is 0 Å². The fraction of sp³-hybridized carbons (Fsp3) is 0.600. The topological polar surface area (TPSA) is 113 Å². The lowest BCUT2D eigenvalue weighted by atomic mass is 9.64. The summed E-state index contributed by atoms with van der Waals surface area (Å²) in [6.07, 6.45) is 14.1. The summed E-state index contributed by atoms with van der Waals surface area (Å²) >= 11 is 0. The molecule has 1 unspecified atom stereocenters. The number of ether oxygens (including phenoxy) is 1. The highest BCUT2D eigenvalue weighted by molar-refractivity contribution is 5.93. The van der Waals surface area contributed by atoms with E-state index in [1.54, 1.807) is 12.5 Å². The van der Waals surface area contributed by atoms with Gasteiger partial charge in [-0.25, -0.2) is 4.98 Å². The minimum Gasteiger partial charge on any atom is -0.378 e. The van der Waals surface area contributed by atoms with Crippen LogP contribution in [0.2, 0.25) is 0 Å². The monoisotopic (exact) mass is 614 g/mol. The fourth-order valence-corrected chi connectivity index (χ4v) is 8.70. The molecule has 10 nitrogen and oxygen atoms in total. The average molecular weight is 615 g/mol. The number of hydrogen-bond donors (Lipinski definition) is 2. The van der Waals surface area contributed by atoms with Crippen molar-refractivity contribution in [3.05, 3.63) is 54.2 Å². The van der Waals surface area contributed by atoms with Crippen LogP contribution >= 0.6 is 0 Å². The van der Waals surface area contributed by atoms with Gasteiger partial charge in [-0.2, -0.15) is 0 Å². The average Bonchev–Trinajstić information content (AvgIpc) is 3.86. The number of hydrogen-bond acceptors (Lipinski definition) is 5. The van der Waals surface area contributed by atoms with Crippen molar-refractivity contribution < 1.29 is 19.1 Å². The van der Waals surface area contributed by atoms with E-state index >= 15 is 0 Å². The molecule has 3 atom stereocenters. The van der Waals surface area contributed by atoms with Crippen LogP contribution in [-0.2, 0) is 37.6 Å². The maximum Gasteiger partial charge on any atom is 0.228 e. The normalized spacial score (nSPS) is 25.4. The minimum absolute atomic E-state index is 0.0188. The summed E-state index contributed by atoms with van der Waals surface area (Å²) in [6, 6.07) is 8.38. The summed E-state index contributed by atoms with van der Waals surface area (Å²) in [4.78, 5) is 54.3. The highest BCUT2D eigenvalue weighted by atomic mass is 16.5. The van der Waals surface area contributed by atoms with Crippen LogP contribution in [0.3, 0.4) is 0 Å². The molecule has 3 amide bonds. The van der Waals surface area contributed by atoms with Gasteiger partial charge in [0.25, 0.3) is 0 Å². The molecule has 2 N–H and O–H groups in total. The minimum atomic E-state index is -0.751. The third kappa shape index (κ3) is 5.77. The lowest BCUT2D eigenvalue weighted by Crippen LogP contribution is -2.66. The number of benzene rings is 1. The number of carbonyl (C=O) groups excluding carboxylic acids is 3. The standard InChI is InChI=1S/C35H46N6O4/c42-31(37-13-5-15-39-17-14-36-24-39)23-26-22-29(34(44)40-18-20-45-21-19-40)35(12-10-25-6-1-2-7-25)32-28(11-16-41(35)33(26)43)27-8-3-4-9-30(27)38-32/h3-4,8-9,14,17,24-26,29,38H,1-2,5-7,10-13,15-16,18-23H2,(H,37,42)/t26?,29-,35+/m1/s1. The van der Waals surface area contributed by atoms with Gasteiger partial charge in [0.05, 0.1) is 31.0 Å². The van der Waals surface area contributed by atoms with Crippen molar-refractivity contribution in [2.24, 2.45) is 17.8 Å². The number of nitrogens with zero attached hydrogens (tertiary/aromatic N) is 4. The van der Waals surface area contributed by atoms with Crippen molar-refractivity contribution in [1.82, 2.24) is 29.7 Å². The van der Waals surface area contributed by atoms with E-state index in [0.717, 1.165) is 43.4 Å². The molecule has 1 saturated carbocycles. The Hall–Kier alpha value is -3.66. The summed E-state index contributed by atoms with van der Waals surface area (Å²) in [6.45, 7) is 4.03. The lowest BCUT2D eigenvalue weighted by molar-refractivity contribution is -0.169. The van der Waals surface area contributed by atoms with Crippen LogP contribution in [0.15, 0.2) is 43.0 Å². The third-order valence-corrected chi connectivity index (χ3v) is 11.0. The van der Waals surface area contributed by atoms with Crippen LogP contribution < -0.4 is 5.32 Å². The van der Waals surface area contributed by atoms with Crippen LogP contribution in [0.1, 0.15) is 69.0 Å². The number of aromatic nitrogens is 3. The second-order valence-corrected chi connectivity index (χ2v) is 13.5. The molecule has 4 aliphatic rings. The largest absolute Gasteiger partial charge is 0.378 e. The number of para-hydroxylation sites is 1. The van der Waals surface area contributed by atoms with E-state index < -0.39 is 17.4 Å². The predicted octanol–water partition coefficient (Wildman–Crippen LogP) is 4.01. The number of nitrogens with one attached hydrogen (secondary N) is 2. The number of carbonyl (C=O) groups is 3. The van der Waals surface area contributed by atoms with Gasteiger partial charge >= 0.3 is 0 Å². The van der Waals surface area contributed by atoms with Gasteiger partial charge in [-0.3, -0.25) is 14.4 Å². The zero-order valence-corrected chi connectivity index (χ0v) is 26.2. The van der Waals surface area contributed by atoms with Gasteiger partial charge in [0.2, 0.25) is 17.7 Å². The van der Waals surface area contributed by atoms with Crippen molar-refractivity contribution in [2.45, 2.75) is 76.3 Å². The van der Waals surface area contributed by atoms with Crippen molar-refractivity contribution >= 4 is 28.6 Å². The molecule has 0 bridgehead atoms. The van der Waals surface area contributed by atoms with E-state index in [0.29, 0.717) is 51.7 Å². The van der Waals surface area contributed by atoms with Crippen molar-refractivity contribution in [3.63, 3.8) is 0 Å². The highest BCUT2D eigenvalue weighted by Crippen LogP contribution is 2.53. The SMILES string of the molecule is O=C(CC1C[C@H](C(=O)N2CCOCC2)[C@@]2(CCC3CCCC3)c3[nH]c4ccccc4c3CCN2C1=O)NCCCn1ccnc1. The summed E-state index contributed by atoms with van der Waals surface area (Å²) < 4.78 is 7.60. The molecule has 240 valence electrons. The Morgan fingerprint density at radius 2 is 1.93 bits per heavy atom. The summed E-state index contributed by atoms with van der Waals surface area (Å²) in [5.41, 5.74) is 2.61. The summed E-state index contributed by atoms with van der Waals surface area (Å²) in [5, 5.41) is 4.23. The Morgan fingerprint density at radius 1 is 1.11 bits per heavy atom. The molecular formula is C35H46N6O4. The number of morpholine rings is 1. The number of amides is 3. The van der Waals surface area contributed by atoms with E-state index in [1.807, 2.05) is 26.6 Å². The van der Waals surface area contributed by atoms with Crippen molar-refractivity contribution in [2.75, 3.05) is 39.4 Å². The Bertz CT molecular complexity index is 1510. The first-order valence-electron chi connectivity index (χ1n) is 17.0. The number of piperidine rings is 1. The first-order chi connectivity index (χ1) is 22.0.